The zero-order chi connectivity index (χ0) is 15.9. The quantitative estimate of drug-likeness (QED) is 0.848. The van der Waals surface area contributed by atoms with Gasteiger partial charge in [-0.2, -0.15) is 11.3 Å². The molecule has 1 N–H and O–H groups in total. The van der Waals surface area contributed by atoms with Crippen molar-refractivity contribution in [1.29, 1.82) is 0 Å². The van der Waals surface area contributed by atoms with E-state index >= 15 is 0 Å². The van der Waals surface area contributed by atoms with Crippen LogP contribution < -0.4 is 10.1 Å². The monoisotopic (exact) mass is 330 g/mol. The summed E-state index contributed by atoms with van der Waals surface area (Å²) in [7, 11) is 0. The van der Waals surface area contributed by atoms with Crippen LogP contribution >= 0.6 is 11.3 Å². The summed E-state index contributed by atoms with van der Waals surface area (Å²) in [5.41, 5.74) is 1.29. The zero-order valence-electron chi connectivity index (χ0n) is 13.1. The largest absolute Gasteiger partial charge is 0.484 e. The number of hydrogen-bond acceptors (Lipinski definition) is 4. The predicted molar refractivity (Wildman–Crippen MR) is 92.8 cm³/mol. The van der Waals surface area contributed by atoms with Gasteiger partial charge in [0.15, 0.2) is 6.61 Å². The molecular formula is C18H22N2O2S. The van der Waals surface area contributed by atoms with Crippen molar-refractivity contribution in [2.75, 3.05) is 26.2 Å². The maximum atomic E-state index is 12.1. The van der Waals surface area contributed by atoms with E-state index in [4.69, 9.17) is 4.74 Å². The van der Waals surface area contributed by atoms with Gasteiger partial charge in [0, 0.05) is 6.54 Å². The van der Waals surface area contributed by atoms with Gasteiger partial charge >= 0.3 is 0 Å². The minimum absolute atomic E-state index is 0.0559. The summed E-state index contributed by atoms with van der Waals surface area (Å²) in [5.74, 6) is 0.643. The number of likely N-dealkylation sites (tertiary alicyclic amines) is 1. The molecule has 0 bridgehead atoms. The van der Waals surface area contributed by atoms with Gasteiger partial charge in [-0.15, -0.1) is 0 Å². The molecule has 0 radical (unpaired) electrons. The van der Waals surface area contributed by atoms with Gasteiger partial charge in [-0.3, -0.25) is 9.69 Å². The number of carbonyl (C=O) groups is 1. The van der Waals surface area contributed by atoms with E-state index in [1.165, 1.54) is 18.4 Å². The lowest BCUT2D eigenvalue weighted by molar-refractivity contribution is -0.123. The Labute approximate surface area is 141 Å². The van der Waals surface area contributed by atoms with Crippen molar-refractivity contribution in [3.8, 4) is 5.75 Å². The van der Waals surface area contributed by atoms with Gasteiger partial charge in [0.05, 0.1) is 6.04 Å². The van der Waals surface area contributed by atoms with E-state index in [-0.39, 0.29) is 18.6 Å². The fourth-order valence-electron chi connectivity index (χ4n) is 2.90. The molecule has 1 atom stereocenters. The van der Waals surface area contributed by atoms with Crippen molar-refractivity contribution in [2.45, 2.75) is 18.9 Å². The van der Waals surface area contributed by atoms with Crippen molar-refractivity contribution in [2.24, 2.45) is 0 Å². The number of benzene rings is 1. The summed E-state index contributed by atoms with van der Waals surface area (Å²) in [6, 6.07) is 11.8. The van der Waals surface area contributed by atoms with E-state index in [0.717, 1.165) is 18.8 Å². The van der Waals surface area contributed by atoms with Crippen LogP contribution in [-0.2, 0) is 4.79 Å². The first kappa shape index (κ1) is 16.0. The van der Waals surface area contributed by atoms with Gasteiger partial charge in [0.25, 0.3) is 5.91 Å². The molecule has 4 nitrogen and oxygen atoms in total. The summed E-state index contributed by atoms with van der Waals surface area (Å²) in [4.78, 5) is 14.5. The van der Waals surface area contributed by atoms with Gasteiger partial charge in [-0.05, 0) is 60.5 Å². The van der Waals surface area contributed by atoms with E-state index in [1.807, 2.05) is 30.3 Å². The number of thiophene rings is 1. The van der Waals surface area contributed by atoms with Crippen LogP contribution in [0.4, 0.5) is 0 Å². The van der Waals surface area contributed by atoms with E-state index in [2.05, 4.69) is 27.0 Å². The van der Waals surface area contributed by atoms with Crippen LogP contribution in [-0.4, -0.2) is 37.0 Å². The van der Waals surface area contributed by atoms with E-state index in [1.54, 1.807) is 11.3 Å². The normalized spacial score (nSPS) is 16.2. The topological polar surface area (TPSA) is 41.6 Å². The third-order valence-electron chi connectivity index (χ3n) is 4.12. The first-order chi connectivity index (χ1) is 11.3. The second-order valence-corrected chi connectivity index (χ2v) is 6.50. The van der Waals surface area contributed by atoms with Crippen LogP contribution in [0.15, 0.2) is 47.2 Å². The molecule has 0 saturated carbocycles. The lowest BCUT2D eigenvalue weighted by Crippen LogP contribution is -2.38. The first-order valence-electron chi connectivity index (χ1n) is 8.03. The standard InChI is InChI=1S/C18H22N2O2S/c21-18(13-22-16-6-2-1-3-7-16)19-12-17(15-8-11-23-14-15)20-9-4-5-10-20/h1-3,6-8,11,14,17H,4-5,9-10,12-13H2,(H,19,21). The SMILES string of the molecule is O=C(COc1ccccc1)NCC(c1ccsc1)N1CCCC1. The number of carbonyl (C=O) groups excluding carboxylic acids is 1. The van der Waals surface area contributed by atoms with E-state index in [9.17, 15) is 4.79 Å². The van der Waals surface area contributed by atoms with Crippen LogP contribution in [0.25, 0.3) is 0 Å². The second-order valence-electron chi connectivity index (χ2n) is 5.72. The van der Waals surface area contributed by atoms with E-state index < -0.39 is 0 Å². The Bertz CT molecular complexity index is 595. The Morgan fingerprint density at radius 2 is 2.00 bits per heavy atom. The maximum absolute atomic E-state index is 12.1. The van der Waals surface area contributed by atoms with Gasteiger partial charge in [0.2, 0.25) is 0 Å². The number of nitrogens with zero attached hydrogens (tertiary/aromatic N) is 1. The molecule has 1 aliphatic rings. The molecule has 1 amide bonds. The van der Waals surface area contributed by atoms with Crippen molar-refractivity contribution in [3.05, 3.63) is 52.7 Å². The van der Waals surface area contributed by atoms with Gasteiger partial charge < -0.3 is 10.1 Å². The molecule has 0 aliphatic carbocycles. The van der Waals surface area contributed by atoms with Gasteiger partial charge in [-0.25, -0.2) is 0 Å². The number of para-hydroxylation sites is 1. The highest BCUT2D eigenvalue weighted by Crippen LogP contribution is 2.26. The van der Waals surface area contributed by atoms with Crippen LogP contribution in [0, 0.1) is 0 Å². The second kappa shape index (κ2) is 8.13. The minimum Gasteiger partial charge on any atom is -0.484 e. The lowest BCUT2D eigenvalue weighted by Gasteiger charge is -2.27. The van der Waals surface area contributed by atoms with Crippen LogP contribution in [0.3, 0.4) is 0 Å². The predicted octanol–water partition coefficient (Wildman–Crippen LogP) is 3.08. The molecule has 3 rings (SSSR count). The summed E-state index contributed by atoms with van der Waals surface area (Å²) in [5, 5.41) is 7.29. The Hall–Kier alpha value is -1.85. The number of amides is 1. The van der Waals surface area contributed by atoms with Crippen molar-refractivity contribution in [1.82, 2.24) is 10.2 Å². The smallest absolute Gasteiger partial charge is 0.258 e. The zero-order valence-corrected chi connectivity index (χ0v) is 13.9. The fraction of sp³-hybridized carbons (Fsp3) is 0.389. The number of hydrogen-bond donors (Lipinski definition) is 1. The number of rotatable bonds is 7. The average molecular weight is 330 g/mol. The molecule has 23 heavy (non-hydrogen) atoms. The molecule has 2 heterocycles. The van der Waals surface area contributed by atoms with Crippen LogP contribution in [0.2, 0.25) is 0 Å². The highest BCUT2D eigenvalue weighted by molar-refractivity contribution is 7.07. The minimum atomic E-state index is -0.0757. The molecule has 1 aliphatic heterocycles. The first-order valence-corrected chi connectivity index (χ1v) is 8.98. The highest BCUT2D eigenvalue weighted by Gasteiger charge is 2.24. The third kappa shape index (κ3) is 4.56. The van der Waals surface area contributed by atoms with Gasteiger partial charge in [0.1, 0.15) is 5.75 Å². The molecule has 2 aromatic rings. The summed E-state index contributed by atoms with van der Waals surface area (Å²) in [6.07, 6.45) is 2.48. The number of nitrogens with one attached hydrogen (secondary N) is 1. The third-order valence-corrected chi connectivity index (χ3v) is 4.82. The highest BCUT2D eigenvalue weighted by atomic mass is 32.1. The maximum Gasteiger partial charge on any atom is 0.258 e. The van der Waals surface area contributed by atoms with Crippen LogP contribution in [0.5, 0.6) is 5.75 Å². The molecular weight excluding hydrogens is 308 g/mol. The average Bonchev–Trinajstić information content (AvgIpc) is 3.28. The summed E-state index contributed by atoms with van der Waals surface area (Å²) in [6.45, 7) is 2.90. The van der Waals surface area contributed by atoms with Gasteiger partial charge in [-0.1, -0.05) is 18.2 Å². The van der Waals surface area contributed by atoms with Crippen molar-refractivity contribution < 1.29 is 9.53 Å². The molecule has 5 heteroatoms. The molecule has 1 aromatic heterocycles. The van der Waals surface area contributed by atoms with Crippen molar-refractivity contribution in [3.63, 3.8) is 0 Å². The Kier molecular flexibility index (Phi) is 5.66. The molecule has 1 saturated heterocycles. The molecule has 0 spiro atoms. The van der Waals surface area contributed by atoms with Crippen LogP contribution in [0.1, 0.15) is 24.4 Å². The lowest BCUT2D eigenvalue weighted by atomic mass is 10.1. The van der Waals surface area contributed by atoms with E-state index in [0.29, 0.717) is 6.54 Å². The fourth-order valence-corrected chi connectivity index (χ4v) is 3.61. The van der Waals surface area contributed by atoms with Crippen molar-refractivity contribution >= 4 is 17.2 Å². The Morgan fingerprint density at radius 3 is 2.70 bits per heavy atom. The number of ether oxygens (including phenoxy) is 1. The Balaban J connectivity index is 1.51. The summed E-state index contributed by atoms with van der Waals surface area (Å²) >= 11 is 1.70. The Morgan fingerprint density at radius 1 is 1.22 bits per heavy atom. The summed E-state index contributed by atoms with van der Waals surface area (Å²) < 4.78 is 5.49. The molecule has 1 aromatic carbocycles. The molecule has 1 unspecified atom stereocenters. The molecule has 122 valence electrons. The molecule has 1 fully saturated rings.